The predicted molar refractivity (Wildman–Crippen MR) is 121 cm³/mol. The maximum absolute atomic E-state index is 13.6. The zero-order valence-corrected chi connectivity index (χ0v) is 18.4. The number of nitrogens with one attached hydrogen (secondary N) is 1. The summed E-state index contributed by atoms with van der Waals surface area (Å²) in [5, 5.41) is 5.10. The smallest absolute Gasteiger partial charge is 0.420 e. The molecule has 32 heavy (non-hydrogen) atoms. The van der Waals surface area contributed by atoms with Gasteiger partial charge in [0.2, 0.25) is 0 Å². The van der Waals surface area contributed by atoms with Gasteiger partial charge in [-0.25, -0.2) is 9.37 Å². The molecule has 0 fully saturated rings. The van der Waals surface area contributed by atoms with Crippen LogP contribution in [0.2, 0.25) is 0 Å². The van der Waals surface area contributed by atoms with Crippen molar-refractivity contribution in [1.82, 2.24) is 4.98 Å². The maximum atomic E-state index is 13.6. The van der Waals surface area contributed by atoms with Gasteiger partial charge >= 0.3 is 6.18 Å². The van der Waals surface area contributed by atoms with Crippen LogP contribution in [-0.4, -0.2) is 11.6 Å². The first kappa shape index (κ1) is 23.8. The first-order valence-electron chi connectivity index (χ1n) is 10.3. The van der Waals surface area contributed by atoms with Gasteiger partial charge in [-0.3, -0.25) is 0 Å². The molecule has 0 atom stereocenters. The monoisotopic (exact) mass is 464 g/mol. The summed E-state index contributed by atoms with van der Waals surface area (Å²) in [7, 11) is 0. The van der Waals surface area contributed by atoms with E-state index in [9.17, 15) is 17.6 Å². The molecule has 0 saturated carbocycles. The summed E-state index contributed by atoms with van der Waals surface area (Å²) >= 11 is 1.25. The Bertz CT molecular complexity index is 1030. The van der Waals surface area contributed by atoms with Gasteiger partial charge in [0.1, 0.15) is 11.6 Å². The number of anilines is 2. The molecule has 0 unspecified atom stereocenters. The van der Waals surface area contributed by atoms with Crippen LogP contribution >= 0.6 is 11.3 Å². The van der Waals surface area contributed by atoms with Crippen LogP contribution in [0, 0.1) is 5.82 Å². The van der Waals surface area contributed by atoms with Gasteiger partial charge in [-0.1, -0.05) is 31.9 Å². The molecule has 0 bridgehead atoms. The number of thiazole rings is 1. The minimum Gasteiger partial charge on any atom is -0.493 e. The zero-order valence-electron chi connectivity index (χ0n) is 17.6. The van der Waals surface area contributed by atoms with Crippen LogP contribution in [0.25, 0.3) is 11.3 Å². The Labute approximate surface area is 188 Å². The largest absolute Gasteiger partial charge is 0.493 e. The number of nitrogens with zero attached hydrogens (tertiary/aromatic N) is 1. The highest BCUT2D eigenvalue weighted by Gasteiger charge is 2.34. The third-order valence-corrected chi connectivity index (χ3v) is 5.37. The highest BCUT2D eigenvalue weighted by atomic mass is 32.1. The van der Waals surface area contributed by atoms with E-state index in [4.69, 9.17) is 4.74 Å². The lowest BCUT2D eigenvalue weighted by atomic mass is 10.1. The maximum Gasteiger partial charge on any atom is 0.420 e. The van der Waals surface area contributed by atoms with E-state index in [0.717, 1.165) is 30.9 Å². The van der Waals surface area contributed by atoms with E-state index >= 15 is 0 Å². The van der Waals surface area contributed by atoms with Crippen molar-refractivity contribution in [2.75, 3.05) is 11.9 Å². The minimum absolute atomic E-state index is 0.173. The second kappa shape index (κ2) is 11.1. The van der Waals surface area contributed by atoms with Crippen molar-refractivity contribution in [2.24, 2.45) is 0 Å². The highest BCUT2D eigenvalue weighted by molar-refractivity contribution is 7.14. The predicted octanol–water partition coefficient (Wildman–Crippen LogP) is 8.23. The topological polar surface area (TPSA) is 34.1 Å². The second-order valence-corrected chi connectivity index (χ2v) is 7.99. The van der Waals surface area contributed by atoms with E-state index in [1.807, 2.05) is 12.2 Å². The molecular formula is C24H24F4N2OS. The van der Waals surface area contributed by atoms with E-state index in [1.54, 1.807) is 17.5 Å². The van der Waals surface area contributed by atoms with Crippen molar-refractivity contribution in [3.63, 3.8) is 0 Å². The third-order valence-electron chi connectivity index (χ3n) is 4.61. The molecular weight excluding hydrogens is 440 g/mol. The fraction of sp³-hybridized carbons (Fsp3) is 0.292. The molecule has 3 nitrogen and oxygen atoms in total. The molecule has 3 rings (SSSR count). The van der Waals surface area contributed by atoms with Gasteiger partial charge < -0.3 is 10.1 Å². The summed E-state index contributed by atoms with van der Waals surface area (Å²) in [6.45, 7) is 2.28. The van der Waals surface area contributed by atoms with Gasteiger partial charge in [-0.05, 0) is 55.3 Å². The Balaban J connectivity index is 1.67. The summed E-state index contributed by atoms with van der Waals surface area (Å²) < 4.78 is 59.2. The Morgan fingerprint density at radius 2 is 1.81 bits per heavy atom. The summed E-state index contributed by atoms with van der Waals surface area (Å²) in [5.74, 6) is -0.548. The van der Waals surface area contributed by atoms with Crippen LogP contribution in [0.1, 0.15) is 38.2 Å². The zero-order chi connectivity index (χ0) is 23.0. The Morgan fingerprint density at radius 1 is 1.06 bits per heavy atom. The van der Waals surface area contributed by atoms with E-state index in [-0.39, 0.29) is 23.9 Å². The van der Waals surface area contributed by atoms with Crippen LogP contribution in [-0.2, 0) is 6.18 Å². The number of ether oxygens (including phenoxy) is 1. The number of unbranched alkanes of at least 4 members (excludes halogenated alkanes) is 2. The summed E-state index contributed by atoms with van der Waals surface area (Å²) in [4.78, 5) is 4.38. The Hall–Kier alpha value is -2.87. The average molecular weight is 465 g/mol. The molecule has 1 aromatic heterocycles. The number of alkyl halides is 3. The summed E-state index contributed by atoms with van der Waals surface area (Å²) in [5.41, 5.74) is 0.747. The second-order valence-electron chi connectivity index (χ2n) is 7.13. The first-order chi connectivity index (χ1) is 15.4. The molecule has 170 valence electrons. The van der Waals surface area contributed by atoms with Crippen LogP contribution in [0.5, 0.6) is 5.75 Å². The molecule has 0 aliphatic carbocycles. The molecule has 8 heteroatoms. The molecule has 1 N–H and O–H groups in total. The summed E-state index contributed by atoms with van der Waals surface area (Å²) in [6.07, 6.45) is 3.11. The van der Waals surface area contributed by atoms with Crippen molar-refractivity contribution in [1.29, 1.82) is 0 Å². The molecule has 0 amide bonds. The van der Waals surface area contributed by atoms with Crippen LogP contribution in [0.3, 0.4) is 0 Å². The lowest BCUT2D eigenvalue weighted by Crippen LogP contribution is -2.10. The van der Waals surface area contributed by atoms with Gasteiger partial charge in [0, 0.05) is 16.6 Å². The number of hydrogen-bond acceptors (Lipinski definition) is 4. The van der Waals surface area contributed by atoms with Crippen molar-refractivity contribution in [2.45, 2.75) is 38.8 Å². The number of hydrogen-bond donors (Lipinski definition) is 1. The molecule has 0 radical (unpaired) electrons. The SMILES string of the molecule is CCCC/C=C\CCOc1ccc(Nc2nc(-c3ccc(F)cc3)cs2)cc1C(F)(F)F. The number of aromatic nitrogens is 1. The lowest BCUT2D eigenvalue weighted by molar-refractivity contribution is -0.138. The van der Waals surface area contributed by atoms with Crippen LogP contribution < -0.4 is 10.1 Å². The fourth-order valence-corrected chi connectivity index (χ4v) is 3.70. The number of halogens is 4. The molecule has 0 aliphatic rings. The normalized spacial score (nSPS) is 11.8. The van der Waals surface area contributed by atoms with E-state index in [1.165, 1.54) is 35.6 Å². The first-order valence-corrected chi connectivity index (χ1v) is 11.2. The minimum atomic E-state index is -4.55. The third kappa shape index (κ3) is 6.82. The number of benzene rings is 2. The molecule has 0 aliphatic heterocycles. The van der Waals surface area contributed by atoms with Crippen molar-refractivity contribution >= 4 is 22.2 Å². The van der Waals surface area contributed by atoms with Gasteiger partial charge in [0.25, 0.3) is 0 Å². The van der Waals surface area contributed by atoms with Crippen LogP contribution in [0.4, 0.5) is 28.4 Å². The fourth-order valence-electron chi connectivity index (χ4n) is 2.96. The van der Waals surface area contributed by atoms with Crippen molar-refractivity contribution in [3.05, 3.63) is 71.4 Å². The molecule has 0 spiro atoms. The summed E-state index contributed by atoms with van der Waals surface area (Å²) in [6, 6.07) is 9.72. The van der Waals surface area contributed by atoms with Crippen molar-refractivity contribution in [3.8, 4) is 17.0 Å². The number of rotatable bonds is 10. The van der Waals surface area contributed by atoms with Crippen LogP contribution in [0.15, 0.2) is 60.0 Å². The number of allylic oxidation sites excluding steroid dienone is 1. The molecule has 3 aromatic rings. The van der Waals surface area contributed by atoms with Gasteiger partial charge in [0.05, 0.1) is 17.9 Å². The highest BCUT2D eigenvalue weighted by Crippen LogP contribution is 2.39. The Morgan fingerprint density at radius 3 is 2.53 bits per heavy atom. The molecule has 1 heterocycles. The quantitative estimate of drug-likeness (QED) is 0.186. The van der Waals surface area contributed by atoms with Gasteiger partial charge in [-0.15, -0.1) is 11.3 Å². The van der Waals surface area contributed by atoms with E-state index in [0.29, 0.717) is 17.2 Å². The van der Waals surface area contributed by atoms with Gasteiger partial charge in [0.15, 0.2) is 5.13 Å². The molecule has 2 aromatic carbocycles. The lowest BCUT2D eigenvalue weighted by Gasteiger charge is -2.15. The standard InChI is InChI=1S/C24H24F4N2OS/c1-2-3-4-5-6-7-14-31-22-13-12-19(15-20(22)24(26,27)28)29-23-30-21(16-32-23)17-8-10-18(25)11-9-17/h5-6,8-13,15-16H,2-4,7,14H2,1H3,(H,29,30)/b6-5-. The van der Waals surface area contributed by atoms with Crippen molar-refractivity contribution < 1.29 is 22.3 Å². The molecule has 0 saturated heterocycles. The van der Waals surface area contributed by atoms with Gasteiger partial charge in [-0.2, -0.15) is 13.2 Å². The Kier molecular flexibility index (Phi) is 8.27. The average Bonchev–Trinajstić information content (AvgIpc) is 3.22. The van der Waals surface area contributed by atoms with E-state index < -0.39 is 11.7 Å². The van der Waals surface area contributed by atoms with E-state index in [2.05, 4.69) is 17.2 Å².